The van der Waals surface area contributed by atoms with Gasteiger partial charge in [-0.25, -0.2) is 0 Å². The Morgan fingerprint density at radius 1 is 0.796 bits per heavy atom. The zero-order chi connectivity index (χ0) is 38.7. The molecule has 289 valence electrons. The summed E-state index contributed by atoms with van der Waals surface area (Å²) in [5, 5.41) is 13.6. The van der Waals surface area contributed by atoms with Crippen molar-refractivity contribution in [3.05, 3.63) is 102 Å². The van der Waals surface area contributed by atoms with E-state index in [1.807, 2.05) is 47.6 Å². The second-order valence-electron chi connectivity index (χ2n) is 16.5. The number of pyridine rings is 1. The Kier molecular flexibility index (Phi) is 13.6. The van der Waals surface area contributed by atoms with Gasteiger partial charge in [0.1, 0.15) is 16.9 Å². The van der Waals surface area contributed by atoms with E-state index in [-0.39, 0.29) is 47.9 Å². The van der Waals surface area contributed by atoms with E-state index in [4.69, 9.17) is 13.8 Å². The van der Waals surface area contributed by atoms with Crippen molar-refractivity contribution < 1.29 is 38.8 Å². The molecule has 0 saturated heterocycles. The maximum Gasteiger partial charge on any atom is 0.164 e. The van der Waals surface area contributed by atoms with Gasteiger partial charge in [0, 0.05) is 65.3 Å². The van der Waals surface area contributed by atoms with Gasteiger partial charge >= 0.3 is 0 Å². The van der Waals surface area contributed by atoms with Gasteiger partial charge in [0.2, 0.25) is 0 Å². The molecule has 0 saturated carbocycles. The Bertz CT molecular complexity index is 2240. The molecule has 0 bridgehead atoms. The first-order valence-electron chi connectivity index (χ1n) is 19.4. The predicted molar refractivity (Wildman–Crippen MR) is 221 cm³/mol. The summed E-state index contributed by atoms with van der Waals surface area (Å²) in [4.78, 5) is 17.2. The number of furan rings is 2. The van der Waals surface area contributed by atoms with Gasteiger partial charge in [-0.3, -0.25) is 9.78 Å². The number of rotatable bonds is 11. The van der Waals surface area contributed by atoms with Crippen molar-refractivity contribution in [2.45, 2.75) is 114 Å². The summed E-state index contributed by atoms with van der Waals surface area (Å²) >= 11 is 0. The number of aromatic nitrogens is 1. The maximum atomic E-state index is 12.2. The molecule has 0 aliphatic rings. The molecule has 3 aromatic heterocycles. The molecule has 0 amide bonds. The summed E-state index contributed by atoms with van der Waals surface area (Å²) < 4.78 is 12.0. The molecule has 0 atom stereocenters. The first-order chi connectivity index (χ1) is 25.1. The molecule has 0 spiro atoms. The molecule has 0 unspecified atom stereocenters. The van der Waals surface area contributed by atoms with Gasteiger partial charge in [-0.1, -0.05) is 124 Å². The molecule has 6 heteroatoms. The molecule has 0 aliphatic carbocycles. The molecule has 3 heterocycles. The van der Waals surface area contributed by atoms with Crippen LogP contribution >= 0.6 is 0 Å². The van der Waals surface area contributed by atoms with Crippen LogP contribution in [0, 0.1) is 22.8 Å². The Hall–Kier alpha value is -3.99. The van der Waals surface area contributed by atoms with Gasteiger partial charge in [-0.05, 0) is 55.1 Å². The number of allylic oxidation sites excluding steroid dienone is 2. The zero-order valence-corrected chi connectivity index (χ0v) is 36.5. The van der Waals surface area contributed by atoms with E-state index in [1.54, 1.807) is 12.5 Å². The summed E-state index contributed by atoms with van der Waals surface area (Å²) in [7, 11) is 0. The third-order valence-electron chi connectivity index (χ3n) is 11.5. The largest absolute Gasteiger partial charge is 0.512 e. The summed E-state index contributed by atoms with van der Waals surface area (Å²) in [6.45, 7) is 23.3. The molecule has 1 radical (unpaired) electrons. The van der Waals surface area contributed by atoms with E-state index < -0.39 is 0 Å². The molecule has 6 aromatic rings. The third kappa shape index (κ3) is 8.77. The number of nitrogens with zero attached hydrogens (tertiary/aromatic N) is 1. The molecular weight excluding hydrogens is 847 g/mol. The van der Waals surface area contributed by atoms with Crippen LogP contribution < -0.4 is 0 Å². The van der Waals surface area contributed by atoms with Gasteiger partial charge in [0.15, 0.2) is 11.4 Å². The number of hydrogen-bond acceptors (Lipinski definition) is 5. The van der Waals surface area contributed by atoms with Crippen LogP contribution in [0.3, 0.4) is 0 Å². The first kappa shape index (κ1) is 42.7. The van der Waals surface area contributed by atoms with E-state index in [0.717, 1.165) is 81.9 Å². The second kappa shape index (κ2) is 17.2. The van der Waals surface area contributed by atoms with Gasteiger partial charge in [-0.2, -0.15) is 0 Å². The minimum Gasteiger partial charge on any atom is -0.512 e. The smallest absolute Gasteiger partial charge is 0.164 e. The fourth-order valence-corrected chi connectivity index (χ4v) is 6.92. The van der Waals surface area contributed by atoms with Crippen LogP contribution in [0.2, 0.25) is 0 Å². The van der Waals surface area contributed by atoms with Crippen molar-refractivity contribution in [1.82, 2.24) is 4.98 Å². The van der Waals surface area contributed by atoms with Gasteiger partial charge in [0.25, 0.3) is 0 Å². The zero-order valence-electron chi connectivity index (χ0n) is 34.1. The second-order valence-corrected chi connectivity index (χ2v) is 16.5. The minimum absolute atomic E-state index is 0. The SMILES string of the molecule is CC(C)Cc1ccc(-c2cc(-c3[c-]c4ccccc4c(C(C)(C)C)c3)nc3ccoc23)c2occc12.CCC(C)(CC)C(=O)/C=C(\O)C(C)(CC)CC.[Ir]. The Labute approximate surface area is 336 Å². The van der Waals surface area contributed by atoms with Gasteiger partial charge in [-0.15, -0.1) is 29.1 Å². The van der Waals surface area contributed by atoms with E-state index in [9.17, 15) is 9.90 Å². The number of benzene rings is 3. The van der Waals surface area contributed by atoms with Crippen LogP contribution in [0.1, 0.15) is 113 Å². The number of carbonyl (C=O) groups excluding carboxylic acids is 1. The van der Waals surface area contributed by atoms with Crippen LogP contribution in [-0.4, -0.2) is 15.9 Å². The normalized spacial score (nSPS) is 12.6. The summed E-state index contributed by atoms with van der Waals surface area (Å²) in [6, 6.07) is 24.9. The van der Waals surface area contributed by atoms with Crippen molar-refractivity contribution in [3.63, 3.8) is 0 Å². The average molecular weight is 905 g/mol. The van der Waals surface area contributed by atoms with E-state index in [0.29, 0.717) is 5.92 Å². The van der Waals surface area contributed by atoms with E-state index in [1.165, 1.54) is 22.6 Å². The van der Waals surface area contributed by atoms with Crippen LogP contribution in [0.25, 0.3) is 55.2 Å². The van der Waals surface area contributed by atoms with Gasteiger partial charge in [0.05, 0.1) is 12.5 Å². The third-order valence-corrected chi connectivity index (χ3v) is 11.5. The molecule has 1 N–H and O–H groups in total. The topological polar surface area (TPSA) is 76.5 Å². The van der Waals surface area contributed by atoms with Crippen molar-refractivity contribution in [3.8, 4) is 22.4 Å². The van der Waals surface area contributed by atoms with Crippen molar-refractivity contribution in [1.29, 1.82) is 0 Å². The van der Waals surface area contributed by atoms with Gasteiger partial charge < -0.3 is 13.9 Å². The fraction of sp³-hybridized carbons (Fsp3) is 0.417. The number of fused-ring (bicyclic) bond motifs is 3. The Balaban J connectivity index is 0.000000309. The van der Waals surface area contributed by atoms with Crippen LogP contribution in [-0.2, 0) is 36.7 Å². The molecule has 3 aromatic carbocycles. The Morgan fingerprint density at radius 2 is 1.43 bits per heavy atom. The summed E-state index contributed by atoms with van der Waals surface area (Å²) in [5.41, 5.74) is 8.31. The van der Waals surface area contributed by atoms with Crippen LogP contribution in [0.5, 0.6) is 0 Å². The number of aliphatic hydroxyl groups excluding tert-OH is 1. The predicted octanol–water partition coefficient (Wildman–Crippen LogP) is 14.0. The summed E-state index contributed by atoms with van der Waals surface area (Å²) in [5.74, 6) is 0.854. The van der Waals surface area contributed by atoms with Crippen LogP contribution in [0.15, 0.2) is 93.9 Å². The molecule has 0 aliphatic heterocycles. The van der Waals surface area contributed by atoms with E-state index >= 15 is 0 Å². The van der Waals surface area contributed by atoms with Crippen LogP contribution in [0.4, 0.5) is 0 Å². The molecule has 5 nitrogen and oxygen atoms in total. The average Bonchev–Trinajstić information content (AvgIpc) is 3.84. The first-order valence-corrected chi connectivity index (χ1v) is 19.4. The number of carbonyl (C=O) groups is 1. The summed E-state index contributed by atoms with van der Waals surface area (Å²) in [6.07, 6.45) is 9.26. The standard InChI is InChI=1S/C33H30NO2.C15H28O2.Ir/c1-20(2)16-22-10-11-26(31-25(22)12-14-35-31)27-19-30(34-29-13-15-36-32(27)29)23-17-21-8-6-7-9-24(21)28(18-23)33(3,4)5;1-7-14(5,8-2)12(16)11-13(17)15(6,9-3)10-4;/h6-15,18-20H,16H2,1-5H3;11,16H,7-10H2,1-6H3;/q-1;;/b;12-11-;. The number of aliphatic hydroxyl groups is 1. The monoisotopic (exact) mass is 905 g/mol. The molecular formula is C48H58IrNO4-. The van der Waals surface area contributed by atoms with E-state index in [2.05, 4.69) is 95.3 Å². The van der Waals surface area contributed by atoms with Crippen molar-refractivity contribution in [2.24, 2.45) is 16.7 Å². The molecule has 6 rings (SSSR count). The number of hydrogen-bond donors (Lipinski definition) is 1. The number of ketones is 1. The quantitative estimate of drug-likeness (QED) is 0.0796. The molecule has 54 heavy (non-hydrogen) atoms. The Morgan fingerprint density at radius 3 is 2.06 bits per heavy atom. The minimum atomic E-state index is -0.337. The molecule has 0 fully saturated rings. The van der Waals surface area contributed by atoms with Crippen molar-refractivity contribution >= 4 is 38.6 Å². The fourth-order valence-electron chi connectivity index (χ4n) is 6.92. The van der Waals surface area contributed by atoms with Crippen molar-refractivity contribution in [2.75, 3.05) is 0 Å². The maximum absolute atomic E-state index is 12.2.